The van der Waals surface area contributed by atoms with Gasteiger partial charge in [-0.1, -0.05) is 6.58 Å². The second kappa shape index (κ2) is 4.00. The van der Waals surface area contributed by atoms with Gasteiger partial charge in [0.05, 0.1) is 6.04 Å². The second-order valence-corrected chi connectivity index (χ2v) is 1.93. The van der Waals surface area contributed by atoms with E-state index in [0.717, 1.165) is 6.08 Å². The number of nitrogens with one attached hydrogen (secondary N) is 1. The Kier molecular flexibility index (Phi) is 3.64. The van der Waals surface area contributed by atoms with E-state index in [1.165, 1.54) is 6.92 Å². The van der Waals surface area contributed by atoms with Crippen LogP contribution in [0.4, 0.5) is 4.39 Å². The highest BCUT2D eigenvalue weighted by Gasteiger charge is 2.10. The van der Waals surface area contributed by atoms with E-state index in [4.69, 9.17) is 5.73 Å². The van der Waals surface area contributed by atoms with E-state index >= 15 is 0 Å². The molecule has 10 heavy (non-hydrogen) atoms. The molecule has 0 aromatic carbocycles. The summed E-state index contributed by atoms with van der Waals surface area (Å²) in [5.74, 6) is -0.579. The summed E-state index contributed by atoms with van der Waals surface area (Å²) in [4.78, 5) is 10.3. The van der Waals surface area contributed by atoms with E-state index in [1.807, 2.05) is 0 Å². The average molecular weight is 146 g/mol. The lowest BCUT2D eigenvalue weighted by atomic mass is 10.3. The van der Waals surface area contributed by atoms with E-state index in [1.54, 1.807) is 0 Å². The third kappa shape index (κ3) is 3.19. The second-order valence-electron chi connectivity index (χ2n) is 1.93. The van der Waals surface area contributed by atoms with Crippen LogP contribution in [0.3, 0.4) is 0 Å². The highest BCUT2D eigenvalue weighted by molar-refractivity contribution is 5.79. The maximum Gasteiger partial charge on any atom is 0.234 e. The van der Waals surface area contributed by atoms with Crippen LogP contribution >= 0.6 is 0 Å². The highest BCUT2D eigenvalue weighted by Crippen LogP contribution is 1.88. The fraction of sp³-hybridized carbons (Fsp3) is 0.500. The third-order valence-electron chi connectivity index (χ3n) is 1.04. The molecule has 1 amide bonds. The number of nitrogens with two attached hydrogens (primary N) is 1. The minimum absolute atomic E-state index is 0.579. The van der Waals surface area contributed by atoms with Gasteiger partial charge in [-0.25, -0.2) is 4.39 Å². The molecule has 0 rings (SSSR count). The van der Waals surface area contributed by atoms with Crippen LogP contribution < -0.4 is 11.1 Å². The summed E-state index contributed by atoms with van der Waals surface area (Å²) >= 11 is 0. The van der Waals surface area contributed by atoms with Gasteiger partial charge < -0.3 is 5.73 Å². The molecule has 0 aromatic rings. The smallest absolute Gasteiger partial charge is 0.234 e. The van der Waals surface area contributed by atoms with E-state index in [-0.39, 0.29) is 0 Å². The topological polar surface area (TPSA) is 55.1 Å². The van der Waals surface area contributed by atoms with Gasteiger partial charge in [-0.05, 0) is 13.0 Å². The SMILES string of the molecule is C=CC(F)NC(C)C(N)=O. The zero-order chi connectivity index (χ0) is 8.15. The Morgan fingerprint density at radius 1 is 1.90 bits per heavy atom. The van der Waals surface area contributed by atoms with Crippen molar-refractivity contribution in [1.82, 2.24) is 5.32 Å². The molecule has 0 saturated heterocycles. The highest BCUT2D eigenvalue weighted by atomic mass is 19.1. The standard InChI is InChI=1S/C6H11FN2O/c1-3-5(7)9-4(2)6(8)10/h3-5,9H,1H2,2H3,(H2,8,10). The van der Waals surface area contributed by atoms with Crippen molar-refractivity contribution in [3.63, 3.8) is 0 Å². The molecule has 0 aromatic heterocycles. The summed E-state index contributed by atoms with van der Waals surface area (Å²) in [7, 11) is 0. The van der Waals surface area contributed by atoms with Gasteiger partial charge in [0.2, 0.25) is 5.91 Å². The van der Waals surface area contributed by atoms with Crippen molar-refractivity contribution in [1.29, 1.82) is 0 Å². The number of halogens is 1. The van der Waals surface area contributed by atoms with Crippen LogP contribution in [0.15, 0.2) is 12.7 Å². The summed E-state index contributed by atoms with van der Waals surface area (Å²) < 4.78 is 12.3. The predicted molar refractivity (Wildman–Crippen MR) is 36.9 cm³/mol. The van der Waals surface area contributed by atoms with Crippen molar-refractivity contribution < 1.29 is 9.18 Å². The first kappa shape index (κ1) is 9.10. The van der Waals surface area contributed by atoms with Crippen LogP contribution in [0, 0.1) is 0 Å². The van der Waals surface area contributed by atoms with E-state index in [0.29, 0.717) is 0 Å². The maximum atomic E-state index is 12.3. The van der Waals surface area contributed by atoms with Crippen LogP contribution in [0.2, 0.25) is 0 Å². The fourth-order valence-electron chi connectivity index (χ4n) is 0.389. The van der Waals surface area contributed by atoms with Gasteiger partial charge in [-0.2, -0.15) is 0 Å². The number of primary amides is 1. The first-order chi connectivity index (χ1) is 4.57. The molecule has 2 atom stereocenters. The van der Waals surface area contributed by atoms with Crippen molar-refractivity contribution in [3.8, 4) is 0 Å². The van der Waals surface area contributed by atoms with E-state index in [9.17, 15) is 9.18 Å². The monoisotopic (exact) mass is 146 g/mol. The van der Waals surface area contributed by atoms with Crippen LogP contribution in [0.1, 0.15) is 6.92 Å². The largest absolute Gasteiger partial charge is 0.368 e. The lowest BCUT2D eigenvalue weighted by molar-refractivity contribution is -0.120. The van der Waals surface area contributed by atoms with Gasteiger partial charge >= 0.3 is 0 Å². The Hall–Kier alpha value is -0.900. The molecule has 0 aliphatic carbocycles. The van der Waals surface area contributed by atoms with Crippen LogP contribution in [0.5, 0.6) is 0 Å². The molecule has 0 radical (unpaired) electrons. The third-order valence-corrected chi connectivity index (χ3v) is 1.04. The van der Waals surface area contributed by atoms with Crippen molar-refractivity contribution in [2.45, 2.75) is 19.3 Å². The summed E-state index contributed by atoms with van der Waals surface area (Å²) in [5, 5.41) is 2.27. The van der Waals surface area contributed by atoms with Gasteiger partial charge in [0.1, 0.15) is 0 Å². The van der Waals surface area contributed by atoms with Gasteiger partial charge in [-0.3, -0.25) is 10.1 Å². The number of carbonyl (C=O) groups is 1. The predicted octanol–water partition coefficient (Wildman–Crippen LogP) is -0.0686. The Labute approximate surface area is 59.1 Å². The zero-order valence-electron chi connectivity index (χ0n) is 5.80. The summed E-state index contributed by atoms with van der Waals surface area (Å²) in [6, 6.07) is -0.659. The molecule has 0 heterocycles. The Morgan fingerprint density at radius 3 is 2.70 bits per heavy atom. The number of alkyl halides is 1. The lowest BCUT2D eigenvalue weighted by Crippen LogP contribution is -2.42. The minimum Gasteiger partial charge on any atom is -0.368 e. The number of hydrogen-bond acceptors (Lipinski definition) is 2. The number of rotatable bonds is 4. The molecule has 0 bridgehead atoms. The lowest BCUT2D eigenvalue weighted by Gasteiger charge is -2.10. The Bertz CT molecular complexity index is 138. The van der Waals surface area contributed by atoms with Gasteiger partial charge in [0.15, 0.2) is 6.30 Å². The molecule has 2 unspecified atom stereocenters. The maximum absolute atomic E-state index is 12.3. The molecule has 0 fully saturated rings. The Morgan fingerprint density at radius 2 is 2.40 bits per heavy atom. The number of carbonyl (C=O) groups excluding carboxylic acids is 1. The van der Waals surface area contributed by atoms with Crippen LogP contribution in [0.25, 0.3) is 0 Å². The quantitative estimate of drug-likeness (QED) is 0.431. The number of hydrogen-bond donors (Lipinski definition) is 2. The molecule has 58 valence electrons. The Balaban J connectivity index is 3.67. The van der Waals surface area contributed by atoms with Crippen molar-refractivity contribution in [2.75, 3.05) is 0 Å². The normalized spacial score (nSPS) is 15.8. The average Bonchev–Trinajstić information content (AvgIpc) is 1.87. The van der Waals surface area contributed by atoms with E-state index in [2.05, 4.69) is 11.9 Å². The molecule has 0 aliphatic heterocycles. The first-order valence-corrected chi connectivity index (χ1v) is 2.90. The van der Waals surface area contributed by atoms with Gasteiger partial charge in [0.25, 0.3) is 0 Å². The molecule has 3 N–H and O–H groups in total. The van der Waals surface area contributed by atoms with E-state index < -0.39 is 18.2 Å². The van der Waals surface area contributed by atoms with Crippen molar-refractivity contribution in [2.24, 2.45) is 5.73 Å². The molecular formula is C6H11FN2O. The molecule has 0 spiro atoms. The molecule has 4 heteroatoms. The zero-order valence-corrected chi connectivity index (χ0v) is 5.80. The molecule has 0 aliphatic rings. The summed E-state index contributed by atoms with van der Waals surface area (Å²) in [5.41, 5.74) is 4.84. The van der Waals surface area contributed by atoms with Crippen molar-refractivity contribution in [3.05, 3.63) is 12.7 Å². The molecular weight excluding hydrogens is 135 g/mol. The van der Waals surface area contributed by atoms with Crippen molar-refractivity contribution >= 4 is 5.91 Å². The first-order valence-electron chi connectivity index (χ1n) is 2.90. The summed E-state index contributed by atoms with van der Waals surface area (Å²) in [6.45, 7) is 4.67. The fourth-order valence-corrected chi connectivity index (χ4v) is 0.389. The van der Waals surface area contributed by atoms with Gasteiger partial charge in [-0.15, -0.1) is 0 Å². The van der Waals surface area contributed by atoms with Crippen LogP contribution in [-0.2, 0) is 4.79 Å². The minimum atomic E-state index is -1.37. The molecule has 0 saturated carbocycles. The number of amides is 1. The van der Waals surface area contributed by atoms with Crippen LogP contribution in [-0.4, -0.2) is 18.2 Å². The van der Waals surface area contributed by atoms with Gasteiger partial charge in [0, 0.05) is 0 Å². The summed E-state index contributed by atoms with van der Waals surface area (Å²) in [6.07, 6.45) is -0.318. The molecule has 3 nitrogen and oxygen atoms in total.